The zero-order valence-corrected chi connectivity index (χ0v) is 12.7. The molecule has 3 heteroatoms. The molecule has 0 N–H and O–H groups in total. The van der Waals surface area contributed by atoms with Crippen LogP contribution >= 0.6 is 15.9 Å². The van der Waals surface area contributed by atoms with Crippen molar-refractivity contribution in [1.29, 1.82) is 0 Å². The zero-order valence-electron chi connectivity index (χ0n) is 11.1. The van der Waals surface area contributed by atoms with Crippen LogP contribution in [0.5, 0.6) is 0 Å². The molecule has 0 aliphatic heterocycles. The second kappa shape index (κ2) is 5.43. The Morgan fingerprint density at radius 3 is 2.89 bits per heavy atom. The van der Waals surface area contributed by atoms with E-state index in [4.69, 9.17) is 4.74 Å². The number of ether oxygens (including phenoxy) is 1. The topological polar surface area (TPSA) is 26.3 Å². The molecule has 2 nitrogen and oxygen atoms in total. The van der Waals surface area contributed by atoms with Crippen LogP contribution in [0.15, 0.2) is 22.7 Å². The van der Waals surface area contributed by atoms with Gasteiger partial charge in [0.2, 0.25) is 0 Å². The van der Waals surface area contributed by atoms with E-state index in [9.17, 15) is 4.79 Å². The fourth-order valence-corrected chi connectivity index (χ4v) is 2.85. The van der Waals surface area contributed by atoms with Gasteiger partial charge in [-0.15, -0.1) is 0 Å². The largest absolute Gasteiger partial charge is 0.469 e. The van der Waals surface area contributed by atoms with Crippen LogP contribution < -0.4 is 0 Å². The van der Waals surface area contributed by atoms with Crippen LogP contribution in [0.4, 0.5) is 0 Å². The number of rotatable bonds is 4. The smallest absolute Gasteiger partial charge is 0.308 e. The fraction of sp³-hybridized carbons (Fsp3) is 0.533. The normalized spacial score (nSPS) is 23.6. The number of benzene rings is 1. The monoisotopic (exact) mass is 310 g/mol. The molecule has 18 heavy (non-hydrogen) atoms. The number of hydrogen-bond acceptors (Lipinski definition) is 2. The van der Waals surface area contributed by atoms with Gasteiger partial charge >= 0.3 is 5.97 Å². The molecule has 1 aromatic rings. The van der Waals surface area contributed by atoms with Crippen LogP contribution in [0.2, 0.25) is 0 Å². The van der Waals surface area contributed by atoms with Gasteiger partial charge in [-0.1, -0.05) is 35.0 Å². The highest BCUT2D eigenvalue weighted by atomic mass is 79.9. The number of methoxy groups -OCH3 is 1. The van der Waals surface area contributed by atoms with Gasteiger partial charge in [-0.2, -0.15) is 0 Å². The standard InChI is InChI=1S/C15H19BrO2/c1-9-4-5-11(8-14(9)16)10(2)6-12-7-13(12)15(17)18-3/h4-5,8,10,12-13H,6-7H2,1-3H3. The summed E-state index contributed by atoms with van der Waals surface area (Å²) in [7, 11) is 1.47. The minimum Gasteiger partial charge on any atom is -0.469 e. The molecule has 0 bridgehead atoms. The summed E-state index contributed by atoms with van der Waals surface area (Å²) in [6, 6.07) is 6.51. The maximum absolute atomic E-state index is 11.4. The van der Waals surface area contributed by atoms with Crippen LogP contribution in [0.1, 0.15) is 36.8 Å². The van der Waals surface area contributed by atoms with Crippen molar-refractivity contribution >= 4 is 21.9 Å². The number of carbonyl (C=O) groups excluding carboxylic acids is 1. The third kappa shape index (κ3) is 2.94. The molecule has 1 saturated carbocycles. The molecule has 1 aliphatic rings. The second-order valence-corrected chi connectivity index (χ2v) is 6.13. The van der Waals surface area contributed by atoms with E-state index in [2.05, 4.69) is 48.0 Å². The van der Waals surface area contributed by atoms with Gasteiger partial charge < -0.3 is 4.74 Å². The lowest BCUT2D eigenvalue weighted by molar-refractivity contribution is -0.142. The summed E-state index contributed by atoms with van der Waals surface area (Å²) in [4.78, 5) is 11.4. The Hall–Kier alpha value is -0.830. The summed E-state index contributed by atoms with van der Waals surface area (Å²) in [5.41, 5.74) is 2.59. The molecule has 0 aromatic heterocycles. The molecule has 0 saturated heterocycles. The maximum Gasteiger partial charge on any atom is 0.308 e. The van der Waals surface area contributed by atoms with E-state index in [0.717, 1.165) is 17.3 Å². The molecular formula is C15H19BrO2. The molecule has 0 heterocycles. The Labute approximate surface area is 117 Å². The number of aryl methyl sites for hydroxylation is 1. The number of halogens is 1. The van der Waals surface area contributed by atoms with Crippen molar-refractivity contribution < 1.29 is 9.53 Å². The summed E-state index contributed by atoms with van der Waals surface area (Å²) >= 11 is 3.57. The highest BCUT2D eigenvalue weighted by Gasteiger charge is 2.44. The third-order valence-electron chi connectivity index (χ3n) is 3.85. The Kier molecular flexibility index (Phi) is 4.10. The lowest BCUT2D eigenvalue weighted by Crippen LogP contribution is -2.05. The highest BCUT2D eigenvalue weighted by molar-refractivity contribution is 9.10. The van der Waals surface area contributed by atoms with Gasteiger partial charge in [0, 0.05) is 4.47 Å². The molecule has 3 unspecified atom stereocenters. The molecule has 0 spiro atoms. The lowest BCUT2D eigenvalue weighted by Gasteiger charge is -2.13. The van der Waals surface area contributed by atoms with Crippen LogP contribution in [-0.2, 0) is 9.53 Å². The minimum atomic E-state index is -0.0442. The van der Waals surface area contributed by atoms with E-state index in [-0.39, 0.29) is 11.9 Å². The van der Waals surface area contributed by atoms with Crippen molar-refractivity contribution in [1.82, 2.24) is 0 Å². The molecular weight excluding hydrogens is 292 g/mol. The molecule has 0 amide bonds. The van der Waals surface area contributed by atoms with Crippen LogP contribution in [-0.4, -0.2) is 13.1 Å². The second-order valence-electron chi connectivity index (χ2n) is 5.27. The van der Waals surface area contributed by atoms with Gasteiger partial charge in [0.1, 0.15) is 0 Å². The Morgan fingerprint density at radius 2 is 2.28 bits per heavy atom. The lowest BCUT2D eigenvalue weighted by atomic mass is 9.94. The first-order valence-electron chi connectivity index (χ1n) is 6.36. The molecule has 0 radical (unpaired) electrons. The van der Waals surface area contributed by atoms with Crippen molar-refractivity contribution in [2.45, 2.75) is 32.6 Å². The summed E-state index contributed by atoms with van der Waals surface area (Å²) in [6.45, 7) is 4.32. The SMILES string of the molecule is COC(=O)C1CC1CC(C)c1ccc(C)c(Br)c1. The average Bonchev–Trinajstić information content (AvgIpc) is 3.10. The van der Waals surface area contributed by atoms with E-state index in [0.29, 0.717) is 11.8 Å². The Balaban J connectivity index is 1.95. The summed E-state index contributed by atoms with van der Waals surface area (Å²) in [5, 5.41) is 0. The van der Waals surface area contributed by atoms with Crippen molar-refractivity contribution in [3.8, 4) is 0 Å². The van der Waals surface area contributed by atoms with Gasteiger partial charge in [-0.3, -0.25) is 4.79 Å². The molecule has 3 atom stereocenters. The number of esters is 1. The van der Waals surface area contributed by atoms with E-state index in [1.807, 2.05) is 0 Å². The maximum atomic E-state index is 11.4. The van der Waals surface area contributed by atoms with Gasteiger partial charge in [0.05, 0.1) is 13.0 Å². The zero-order chi connectivity index (χ0) is 13.3. The van der Waals surface area contributed by atoms with Crippen LogP contribution in [0.3, 0.4) is 0 Å². The minimum absolute atomic E-state index is 0.0442. The van der Waals surface area contributed by atoms with Gasteiger partial charge in [0.25, 0.3) is 0 Å². The summed E-state index contributed by atoms with van der Waals surface area (Å²) in [6.07, 6.45) is 2.05. The third-order valence-corrected chi connectivity index (χ3v) is 4.70. The van der Waals surface area contributed by atoms with E-state index in [1.54, 1.807) is 0 Å². The predicted octanol–water partition coefficient (Wildman–Crippen LogP) is 4.06. The summed E-state index contributed by atoms with van der Waals surface area (Å²) < 4.78 is 5.94. The molecule has 1 fully saturated rings. The van der Waals surface area contributed by atoms with Gasteiger partial charge in [0.15, 0.2) is 0 Å². The fourth-order valence-electron chi connectivity index (χ4n) is 2.45. The highest BCUT2D eigenvalue weighted by Crippen LogP contribution is 2.45. The van der Waals surface area contributed by atoms with Gasteiger partial charge in [-0.05, 0) is 48.8 Å². The summed E-state index contributed by atoms with van der Waals surface area (Å²) in [5.74, 6) is 1.10. The average molecular weight is 311 g/mol. The molecule has 2 rings (SSSR count). The Bertz CT molecular complexity index is 456. The number of carbonyl (C=O) groups is 1. The van der Waals surface area contributed by atoms with Crippen molar-refractivity contribution in [2.24, 2.45) is 11.8 Å². The van der Waals surface area contributed by atoms with E-state index in [1.165, 1.54) is 18.2 Å². The first-order chi connectivity index (χ1) is 8.52. The molecule has 98 valence electrons. The first kappa shape index (κ1) is 13.6. The van der Waals surface area contributed by atoms with Crippen molar-refractivity contribution in [2.75, 3.05) is 7.11 Å². The van der Waals surface area contributed by atoms with Gasteiger partial charge in [-0.25, -0.2) is 0 Å². The van der Waals surface area contributed by atoms with Crippen LogP contribution in [0, 0.1) is 18.8 Å². The van der Waals surface area contributed by atoms with E-state index >= 15 is 0 Å². The van der Waals surface area contributed by atoms with Crippen molar-refractivity contribution in [3.05, 3.63) is 33.8 Å². The first-order valence-corrected chi connectivity index (χ1v) is 7.16. The molecule has 1 aromatic carbocycles. The quantitative estimate of drug-likeness (QED) is 0.784. The van der Waals surface area contributed by atoms with Crippen molar-refractivity contribution in [3.63, 3.8) is 0 Å². The van der Waals surface area contributed by atoms with Crippen LogP contribution in [0.25, 0.3) is 0 Å². The van der Waals surface area contributed by atoms with E-state index < -0.39 is 0 Å². The predicted molar refractivity (Wildman–Crippen MR) is 75.5 cm³/mol. The number of hydrogen-bond donors (Lipinski definition) is 0. The molecule has 1 aliphatic carbocycles. The Morgan fingerprint density at radius 1 is 1.56 bits per heavy atom.